The van der Waals surface area contributed by atoms with Gasteiger partial charge in [0.25, 0.3) is 0 Å². The van der Waals surface area contributed by atoms with Crippen molar-refractivity contribution in [2.24, 2.45) is 5.84 Å². The molecule has 0 saturated heterocycles. The number of nitrogens with one attached hydrogen (secondary N) is 1. The number of unbranched alkanes of at least 4 members (excludes halogenated alkanes) is 2. The van der Waals surface area contributed by atoms with Gasteiger partial charge in [-0.15, -0.1) is 0 Å². The normalized spacial score (nSPS) is 11.8. The van der Waals surface area contributed by atoms with Gasteiger partial charge in [-0.25, -0.2) is 13.8 Å². The summed E-state index contributed by atoms with van der Waals surface area (Å²) in [5, 5.41) is 0. The molecule has 0 fully saturated rings. The van der Waals surface area contributed by atoms with E-state index in [1.807, 2.05) is 6.92 Å². The van der Waals surface area contributed by atoms with E-state index >= 15 is 0 Å². The molecule has 68 valence electrons. The van der Waals surface area contributed by atoms with Crippen LogP contribution in [-0.4, -0.2) is 20.0 Å². The third-order valence-corrected chi connectivity index (χ3v) is 2.88. The molecule has 0 aromatic carbocycles. The molecule has 0 aliphatic rings. The van der Waals surface area contributed by atoms with Crippen LogP contribution < -0.4 is 11.3 Å². The minimum Gasteiger partial charge on any atom is -0.271 e. The molecule has 0 aliphatic carbocycles. The first-order chi connectivity index (χ1) is 5.12. The second-order valence-corrected chi connectivity index (χ2v) is 4.69. The van der Waals surface area contributed by atoms with Crippen molar-refractivity contribution in [3.63, 3.8) is 0 Å². The zero-order chi connectivity index (χ0) is 8.74. The van der Waals surface area contributed by atoms with Gasteiger partial charge in [0.05, 0.1) is 5.75 Å². The van der Waals surface area contributed by atoms with Gasteiger partial charge in [0.1, 0.15) is 5.88 Å². The first-order valence-corrected chi connectivity index (χ1v) is 5.58. The summed E-state index contributed by atoms with van der Waals surface area (Å²) < 4.78 is 21.9. The molecule has 0 unspecified atom stereocenters. The van der Waals surface area contributed by atoms with Crippen LogP contribution in [-0.2, 0) is 9.84 Å². The standard InChI is InChI=1S/C6H16N2O2S/c1-2-3-4-5-11(9,10)6-8-7/h8H,2-7H2,1H3. The van der Waals surface area contributed by atoms with Gasteiger partial charge in [-0.2, -0.15) is 0 Å². The van der Waals surface area contributed by atoms with E-state index in [0.717, 1.165) is 19.3 Å². The Kier molecular flexibility index (Phi) is 5.45. The van der Waals surface area contributed by atoms with Crippen molar-refractivity contribution in [3.8, 4) is 0 Å². The largest absolute Gasteiger partial charge is 0.271 e. The Morgan fingerprint density at radius 3 is 2.45 bits per heavy atom. The van der Waals surface area contributed by atoms with Gasteiger partial charge in [-0.05, 0) is 6.42 Å². The summed E-state index contributed by atoms with van der Waals surface area (Å²) in [7, 11) is -2.94. The van der Waals surface area contributed by atoms with Crippen molar-refractivity contribution in [2.75, 3.05) is 11.6 Å². The Morgan fingerprint density at radius 2 is 2.00 bits per heavy atom. The molecular formula is C6H16N2O2S. The Balaban J connectivity index is 3.56. The third-order valence-electron chi connectivity index (χ3n) is 1.36. The summed E-state index contributed by atoms with van der Waals surface area (Å²) in [6, 6.07) is 0. The van der Waals surface area contributed by atoms with Crippen LogP contribution in [0.4, 0.5) is 0 Å². The number of rotatable bonds is 6. The lowest BCUT2D eigenvalue weighted by atomic mass is 10.3. The summed E-state index contributed by atoms with van der Waals surface area (Å²) in [4.78, 5) is 0. The maximum atomic E-state index is 11.0. The van der Waals surface area contributed by atoms with Crippen molar-refractivity contribution in [1.82, 2.24) is 5.43 Å². The van der Waals surface area contributed by atoms with Gasteiger partial charge in [-0.1, -0.05) is 19.8 Å². The van der Waals surface area contributed by atoms with E-state index in [-0.39, 0.29) is 11.6 Å². The molecule has 4 nitrogen and oxygen atoms in total. The molecule has 11 heavy (non-hydrogen) atoms. The van der Waals surface area contributed by atoms with E-state index in [0.29, 0.717) is 0 Å². The molecule has 5 heteroatoms. The number of nitrogens with two attached hydrogens (primary N) is 1. The fraction of sp³-hybridized carbons (Fsp3) is 1.00. The third kappa shape index (κ3) is 6.28. The molecule has 0 bridgehead atoms. The SMILES string of the molecule is CCCCCS(=O)(=O)CNN. The molecule has 0 radical (unpaired) electrons. The maximum absolute atomic E-state index is 11.0. The van der Waals surface area contributed by atoms with Gasteiger partial charge in [0, 0.05) is 0 Å². The number of sulfone groups is 1. The topological polar surface area (TPSA) is 72.2 Å². The smallest absolute Gasteiger partial charge is 0.164 e. The van der Waals surface area contributed by atoms with Crippen LogP contribution in [0.5, 0.6) is 0 Å². The summed E-state index contributed by atoms with van der Waals surface area (Å²) in [6.07, 6.45) is 2.73. The fourth-order valence-corrected chi connectivity index (χ4v) is 1.81. The molecule has 0 saturated carbocycles. The second-order valence-electron chi connectivity index (χ2n) is 2.50. The highest BCUT2D eigenvalue weighted by molar-refractivity contribution is 7.91. The lowest BCUT2D eigenvalue weighted by Gasteiger charge is -2.01. The average molecular weight is 180 g/mol. The van der Waals surface area contributed by atoms with Crippen LogP contribution >= 0.6 is 0 Å². The summed E-state index contributed by atoms with van der Waals surface area (Å²) in [5.74, 6) is 5.02. The first kappa shape index (κ1) is 10.9. The maximum Gasteiger partial charge on any atom is 0.164 e. The molecule has 0 aromatic rings. The van der Waals surface area contributed by atoms with Crippen molar-refractivity contribution >= 4 is 9.84 Å². The van der Waals surface area contributed by atoms with Gasteiger partial charge in [0.15, 0.2) is 9.84 Å². The highest BCUT2D eigenvalue weighted by Crippen LogP contribution is 1.98. The second kappa shape index (κ2) is 5.51. The van der Waals surface area contributed by atoms with Crippen molar-refractivity contribution in [3.05, 3.63) is 0 Å². The van der Waals surface area contributed by atoms with Crippen molar-refractivity contribution in [2.45, 2.75) is 26.2 Å². The molecule has 0 rings (SSSR count). The Labute approximate surface area is 68.0 Å². The fourth-order valence-electron chi connectivity index (χ4n) is 0.771. The number of hydrogen-bond donors (Lipinski definition) is 2. The minimum absolute atomic E-state index is 0.114. The highest BCUT2D eigenvalue weighted by Gasteiger charge is 2.07. The molecule has 0 aliphatic heterocycles. The molecule has 0 aromatic heterocycles. The van der Waals surface area contributed by atoms with E-state index in [1.165, 1.54) is 0 Å². The zero-order valence-corrected chi connectivity index (χ0v) is 7.65. The van der Waals surface area contributed by atoms with Crippen LogP contribution in [0.25, 0.3) is 0 Å². The van der Waals surface area contributed by atoms with Crippen LogP contribution in [0.15, 0.2) is 0 Å². The van der Waals surface area contributed by atoms with Crippen molar-refractivity contribution < 1.29 is 8.42 Å². The van der Waals surface area contributed by atoms with Gasteiger partial charge >= 0.3 is 0 Å². The predicted octanol–water partition coefficient (Wildman–Crippen LogP) is 0.0122. The Hall–Kier alpha value is -0.130. The predicted molar refractivity (Wildman–Crippen MR) is 45.5 cm³/mol. The molecule has 0 atom stereocenters. The van der Waals surface area contributed by atoms with Crippen LogP contribution in [0.1, 0.15) is 26.2 Å². The van der Waals surface area contributed by atoms with E-state index in [1.54, 1.807) is 0 Å². The zero-order valence-electron chi connectivity index (χ0n) is 6.84. The quantitative estimate of drug-likeness (QED) is 0.343. The summed E-state index contributed by atoms with van der Waals surface area (Å²) >= 11 is 0. The summed E-state index contributed by atoms with van der Waals surface area (Å²) in [5.41, 5.74) is 2.15. The minimum atomic E-state index is -2.94. The van der Waals surface area contributed by atoms with Crippen LogP contribution in [0.2, 0.25) is 0 Å². The molecule has 0 heterocycles. The lowest BCUT2D eigenvalue weighted by molar-refractivity contribution is 0.584. The first-order valence-electron chi connectivity index (χ1n) is 3.76. The van der Waals surface area contributed by atoms with E-state index in [2.05, 4.69) is 5.43 Å². The van der Waals surface area contributed by atoms with Crippen molar-refractivity contribution in [1.29, 1.82) is 0 Å². The van der Waals surface area contributed by atoms with Crippen LogP contribution in [0, 0.1) is 0 Å². The van der Waals surface area contributed by atoms with Gasteiger partial charge < -0.3 is 0 Å². The summed E-state index contributed by atoms with van der Waals surface area (Å²) in [6.45, 7) is 2.04. The molecule has 0 amide bonds. The number of hydrogen-bond acceptors (Lipinski definition) is 4. The monoisotopic (exact) mass is 180 g/mol. The van der Waals surface area contributed by atoms with E-state index < -0.39 is 9.84 Å². The van der Waals surface area contributed by atoms with E-state index in [4.69, 9.17) is 5.84 Å². The van der Waals surface area contributed by atoms with Gasteiger partial charge in [-0.3, -0.25) is 5.84 Å². The number of hydrazine groups is 1. The lowest BCUT2D eigenvalue weighted by Crippen LogP contribution is -2.30. The Bertz CT molecular complexity index is 177. The molecule has 3 N–H and O–H groups in total. The van der Waals surface area contributed by atoms with Gasteiger partial charge in [0.2, 0.25) is 0 Å². The van der Waals surface area contributed by atoms with E-state index in [9.17, 15) is 8.42 Å². The molecular weight excluding hydrogens is 164 g/mol. The molecule has 0 spiro atoms. The highest BCUT2D eigenvalue weighted by atomic mass is 32.2. The van der Waals surface area contributed by atoms with Crippen LogP contribution in [0.3, 0.4) is 0 Å². The average Bonchev–Trinajstić information content (AvgIpc) is 1.87. The Morgan fingerprint density at radius 1 is 1.36 bits per heavy atom.